The Labute approximate surface area is 86.2 Å². The van der Waals surface area contributed by atoms with Crippen LogP contribution in [0.15, 0.2) is 24.4 Å². The third-order valence-electron chi connectivity index (χ3n) is 2.09. The molecule has 0 aliphatic rings. The number of hydrogen-bond acceptors (Lipinski definition) is 4. The van der Waals surface area contributed by atoms with Crippen LogP contribution in [0.2, 0.25) is 0 Å². The number of pyridine rings is 1. The van der Waals surface area contributed by atoms with Crippen LogP contribution in [-0.4, -0.2) is 29.8 Å². The van der Waals surface area contributed by atoms with Crippen molar-refractivity contribution >= 4 is 11.5 Å². The maximum atomic E-state index is 11.3. The summed E-state index contributed by atoms with van der Waals surface area (Å²) in [5.41, 5.74) is 1.23. The van der Waals surface area contributed by atoms with Gasteiger partial charge in [-0.1, -0.05) is 0 Å². The number of carbonyl (C=O) groups is 1. The normalized spacial score (nSPS) is 10.3. The van der Waals surface area contributed by atoms with Crippen LogP contribution in [0, 0.1) is 0 Å². The molecule has 0 N–H and O–H groups in total. The lowest BCUT2D eigenvalue weighted by atomic mass is 10.2. The van der Waals surface area contributed by atoms with E-state index in [1.807, 2.05) is 0 Å². The molecule has 2 aromatic rings. The Morgan fingerprint density at radius 2 is 2.20 bits per heavy atom. The van der Waals surface area contributed by atoms with E-state index >= 15 is 0 Å². The highest BCUT2D eigenvalue weighted by Crippen LogP contribution is 2.17. The SMILES string of the molecule is COC(=O)c1cc(OC)n2nccc2c1. The zero-order valence-corrected chi connectivity index (χ0v) is 8.43. The molecule has 0 unspecified atom stereocenters. The maximum absolute atomic E-state index is 11.3. The molecule has 0 saturated carbocycles. The molecule has 15 heavy (non-hydrogen) atoms. The lowest BCUT2D eigenvalue weighted by molar-refractivity contribution is 0.0600. The van der Waals surface area contributed by atoms with Crippen LogP contribution in [0.4, 0.5) is 0 Å². The number of aromatic nitrogens is 2. The number of carbonyl (C=O) groups excluding carboxylic acids is 1. The Morgan fingerprint density at radius 3 is 2.87 bits per heavy atom. The number of rotatable bonds is 2. The Morgan fingerprint density at radius 1 is 1.40 bits per heavy atom. The minimum absolute atomic E-state index is 0.392. The van der Waals surface area contributed by atoms with Crippen LogP contribution >= 0.6 is 0 Å². The third kappa shape index (κ3) is 1.52. The van der Waals surface area contributed by atoms with Crippen LogP contribution in [0.5, 0.6) is 5.88 Å². The monoisotopic (exact) mass is 206 g/mol. The van der Waals surface area contributed by atoms with Crippen LogP contribution in [0.1, 0.15) is 10.4 Å². The van der Waals surface area contributed by atoms with Gasteiger partial charge < -0.3 is 9.47 Å². The van der Waals surface area contributed by atoms with E-state index in [0.29, 0.717) is 11.4 Å². The van der Waals surface area contributed by atoms with Gasteiger partial charge in [-0.3, -0.25) is 0 Å². The number of ether oxygens (including phenoxy) is 2. The predicted octanol–water partition coefficient (Wildman–Crippen LogP) is 1.13. The molecule has 2 rings (SSSR count). The van der Waals surface area contributed by atoms with Crippen LogP contribution in [0.25, 0.3) is 5.52 Å². The zero-order chi connectivity index (χ0) is 10.8. The number of nitrogens with zero attached hydrogens (tertiary/aromatic N) is 2. The molecule has 0 atom stereocenters. The molecule has 0 aliphatic heterocycles. The maximum Gasteiger partial charge on any atom is 0.338 e. The summed E-state index contributed by atoms with van der Waals surface area (Å²) in [6.07, 6.45) is 1.64. The predicted molar refractivity (Wildman–Crippen MR) is 53.1 cm³/mol. The van der Waals surface area contributed by atoms with Gasteiger partial charge in [0.2, 0.25) is 5.88 Å². The van der Waals surface area contributed by atoms with Gasteiger partial charge in [-0.05, 0) is 12.1 Å². The van der Waals surface area contributed by atoms with Crippen molar-refractivity contribution in [3.8, 4) is 5.88 Å². The molecular weight excluding hydrogens is 196 g/mol. The Kier molecular flexibility index (Phi) is 2.29. The summed E-state index contributed by atoms with van der Waals surface area (Å²) in [6.45, 7) is 0. The first kappa shape index (κ1) is 9.51. The highest BCUT2D eigenvalue weighted by molar-refractivity contribution is 5.91. The molecule has 0 bridgehead atoms. The largest absolute Gasteiger partial charge is 0.481 e. The smallest absolute Gasteiger partial charge is 0.338 e. The fraction of sp³-hybridized carbons (Fsp3) is 0.200. The molecule has 2 heterocycles. The number of methoxy groups -OCH3 is 2. The van der Waals surface area contributed by atoms with E-state index in [2.05, 4.69) is 9.84 Å². The molecule has 0 spiro atoms. The van der Waals surface area contributed by atoms with Crippen molar-refractivity contribution in [2.24, 2.45) is 0 Å². The van der Waals surface area contributed by atoms with Crippen LogP contribution in [0.3, 0.4) is 0 Å². The number of fused-ring (bicyclic) bond motifs is 1. The Balaban J connectivity index is 2.63. The van der Waals surface area contributed by atoms with E-state index in [4.69, 9.17) is 4.74 Å². The fourth-order valence-corrected chi connectivity index (χ4v) is 1.38. The first-order valence-corrected chi connectivity index (χ1v) is 4.36. The molecule has 0 saturated heterocycles. The quantitative estimate of drug-likeness (QED) is 0.691. The highest BCUT2D eigenvalue weighted by atomic mass is 16.5. The molecule has 0 amide bonds. The molecule has 0 aromatic carbocycles. The van der Waals surface area contributed by atoms with Gasteiger partial charge >= 0.3 is 5.97 Å². The van der Waals surface area contributed by atoms with E-state index in [1.54, 1.807) is 28.9 Å². The van der Waals surface area contributed by atoms with E-state index in [0.717, 1.165) is 5.52 Å². The van der Waals surface area contributed by atoms with Gasteiger partial charge in [0.1, 0.15) is 0 Å². The standard InChI is InChI=1S/C10H10N2O3/c1-14-9-6-7(10(13)15-2)5-8-3-4-11-12(8)9/h3-6H,1-2H3. The van der Waals surface area contributed by atoms with Crippen molar-refractivity contribution < 1.29 is 14.3 Å². The molecule has 0 aliphatic carbocycles. The second-order valence-corrected chi connectivity index (χ2v) is 2.95. The highest BCUT2D eigenvalue weighted by Gasteiger charge is 2.10. The summed E-state index contributed by atoms with van der Waals surface area (Å²) < 4.78 is 11.4. The Bertz CT molecular complexity index is 504. The van der Waals surface area contributed by atoms with Crippen LogP contribution in [-0.2, 0) is 4.74 Å². The van der Waals surface area contributed by atoms with Gasteiger partial charge in [0.15, 0.2) is 0 Å². The van der Waals surface area contributed by atoms with E-state index in [9.17, 15) is 4.79 Å². The Hall–Kier alpha value is -2.04. The molecule has 5 heteroatoms. The lowest BCUT2D eigenvalue weighted by Crippen LogP contribution is -2.04. The van der Waals surface area contributed by atoms with E-state index in [1.165, 1.54) is 14.2 Å². The van der Waals surface area contributed by atoms with E-state index in [-0.39, 0.29) is 0 Å². The van der Waals surface area contributed by atoms with Gasteiger partial charge in [0.05, 0.1) is 31.5 Å². The number of esters is 1. The summed E-state index contributed by atoms with van der Waals surface area (Å²) in [7, 11) is 2.87. The van der Waals surface area contributed by atoms with Gasteiger partial charge in [0.25, 0.3) is 0 Å². The summed E-state index contributed by atoms with van der Waals surface area (Å²) >= 11 is 0. The van der Waals surface area contributed by atoms with Crippen molar-refractivity contribution in [3.05, 3.63) is 30.0 Å². The molecule has 0 fully saturated rings. The van der Waals surface area contributed by atoms with E-state index < -0.39 is 5.97 Å². The second-order valence-electron chi connectivity index (χ2n) is 2.95. The summed E-state index contributed by atoms with van der Waals surface area (Å²) in [6, 6.07) is 5.07. The molecular formula is C10H10N2O3. The zero-order valence-electron chi connectivity index (χ0n) is 8.43. The first-order chi connectivity index (χ1) is 7.26. The van der Waals surface area contributed by atoms with Gasteiger partial charge in [-0.25, -0.2) is 9.31 Å². The average Bonchev–Trinajstić information content (AvgIpc) is 2.74. The third-order valence-corrected chi connectivity index (χ3v) is 2.09. The van der Waals surface area contributed by atoms with Crippen molar-refractivity contribution in [1.29, 1.82) is 0 Å². The fourth-order valence-electron chi connectivity index (χ4n) is 1.38. The van der Waals surface area contributed by atoms with Crippen molar-refractivity contribution in [1.82, 2.24) is 9.61 Å². The summed E-state index contributed by atoms with van der Waals surface area (Å²) in [5.74, 6) is 0.106. The minimum Gasteiger partial charge on any atom is -0.481 e. The van der Waals surface area contributed by atoms with Crippen molar-refractivity contribution in [2.75, 3.05) is 14.2 Å². The van der Waals surface area contributed by atoms with Gasteiger partial charge in [0, 0.05) is 6.07 Å². The molecule has 78 valence electrons. The number of hydrogen-bond donors (Lipinski definition) is 0. The van der Waals surface area contributed by atoms with Gasteiger partial charge in [-0.2, -0.15) is 5.10 Å². The second kappa shape index (κ2) is 3.61. The molecule has 0 radical (unpaired) electrons. The minimum atomic E-state index is -0.392. The average molecular weight is 206 g/mol. The van der Waals surface area contributed by atoms with Crippen LogP contribution < -0.4 is 4.74 Å². The molecule has 5 nitrogen and oxygen atoms in total. The lowest BCUT2D eigenvalue weighted by Gasteiger charge is -2.05. The molecule has 2 aromatic heterocycles. The summed E-state index contributed by atoms with van der Waals surface area (Å²) in [5, 5.41) is 4.06. The summed E-state index contributed by atoms with van der Waals surface area (Å²) in [4.78, 5) is 11.3. The first-order valence-electron chi connectivity index (χ1n) is 4.36. The van der Waals surface area contributed by atoms with Gasteiger partial charge in [-0.15, -0.1) is 0 Å². The van der Waals surface area contributed by atoms with Crippen molar-refractivity contribution in [2.45, 2.75) is 0 Å². The topological polar surface area (TPSA) is 52.8 Å². The van der Waals surface area contributed by atoms with Crippen molar-refractivity contribution in [3.63, 3.8) is 0 Å².